The molecule has 0 aromatic heterocycles. The Bertz CT molecular complexity index is 501. The van der Waals surface area contributed by atoms with Crippen molar-refractivity contribution in [3.05, 3.63) is 29.6 Å². The standard InChI is InChI=1S/C12H13FN2O4/c13-8-5-7(12(17)18)1-2-9(8)15-11(16)10-6-19-4-3-14-10/h1-2,5,10,14H,3-4,6H2,(H,15,16)(H,17,18). The number of anilines is 1. The highest BCUT2D eigenvalue weighted by molar-refractivity contribution is 5.96. The monoisotopic (exact) mass is 268 g/mol. The molecule has 1 fully saturated rings. The second kappa shape index (κ2) is 5.77. The highest BCUT2D eigenvalue weighted by atomic mass is 19.1. The number of aromatic carboxylic acids is 1. The van der Waals surface area contributed by atoms with E-state index < -0.39 is 23.7 Å². The van der Waals surface area contributed by atoms with Crippen LogP contribution in [0.1, 0.15) is 10.4 Å². The largest absolute Gasteiger partial charge is 0.478 e. The van der Waals surface area contributed by atoms with Crippen molar-refractivity contribution in [2.45, 2.75) is 6.04 Å². The third-order valence-corrected chi connectivity index (χ3v) is 2.71. The van der Waals surface area contributed by atoms with E-state index >= 15 is 0 Å². The molecule has 0 spiro atoms. The molecule has 6 nitrogen and oxygen atoms in total. The maximum absolute atomic E-state index is 13.6. The molecule has 1 aliphatic heterocycles. The molecule has 102 valence electrons. The molecule has 19 heavy (non-hydrogen) atoms. The van der Waals surface area contributed by atoms with Crippen molar-refractivity contribution in [1.29, 1.82) is 0 Å². The lowest BCUT2D eigenvalue weighted by Gasteiger charge is -2.23. The average Bonchev–Trinajstić information content (AvgIpc) is 2.41. The number of ether oxygens (including phenoxy) is 1. The van der Waals surface area contributed by atoms with Gasteiger partial charge in [0.1, 0.15) is 11.9 Å². The Hall–Kier alpha value is -1.99. The maximum atomic E-state index is 13.6. The number of hydrogen-bond acceptors (Lipinski definition) is 4. The SMILES string of the molecule is O=C(O)c1ccc(NC(=O)C2COCCN2)c(F)c1. The lowest BCUT2D eigenvalue weighted by Crippen LogP contribution is -2.48. The van der Waals surface area contributed by atoms with Gasteiger partial charge in [-0.05, 0) is 18.2 Å². The summed E-state index contributed by atoms with van der Waals surface area (Å²) in [5.74, 6) is -2.43. The minimum atomic E-state index is -1.22. The molecule has 1 aliphatic rings. The highest BCUT2D eigenvalue weighted by Gasteiger charge is 2.22. The molecule has 0 saturated carbocycles. The number of carboxylic acids is 1. The van der Waals surface area contributed by atoms with Gasteiger partial charge < -0.3 is 20.5 Å². The van der Waals surface area contributed by atoms with Gasteiger partial charge in [-0.3, -0.25) is 4.79 Å². The van der Waals surface area contributed by atoms with Crippen molar-refractivity contribution >= 4 is 17.6 Å². The number of carboxylic acid groups (broad SMARTS) is 1. The minimum absolute atomic E-state index is 0.0534. The van der Waals surface area contributed by atoms with Gasteiger partial charge in [0.25, 0.3) is 0 Å². The minimum Gasteiger partial charge on any atom is -0.478 e. The zero-order valence-electron chi connectivity index (χ0n) is 9.98. The molecule has 1 atom stereocenters. The summed E-state index contributed by atoms with van der Waals surface area (Å²) < 4.78 is 18.7. The van der Waals surface area contributed by atoms with Crippen LogP contribution in [-0.2, 0) is 9.53 Å². The fourth-order valence-electron chi connectivity index (χ4n) is 1.70. The predicted molar refractivity (Wildman–Crippen MR) is 64.6 cm³/mol. The summed E-state index contributed by atoms with van der Waals surface area (Å²) in [5.41, 5.74) is -0.225. The van der Waals surface area contributed by atoms with Crippen molar-refractivity contribution in [2.24, 2.45) is 0 Å². The van der Waals surface area contributed by atoms with Crippen LogP contribution in [0, 0.1) is 5.82 Å². The Labute approximate surface area is 108 Å². The fourth-order valence-corrected chi connectivity index (χ4v) is 1.70. The first kappa shape index (κ1) is 13.4. The molecule has 7 heteroatoms. The van der Waals surface area contributed by atoms with Crippen LogP contribution < -0.4 is 10.6 Å². The van der Waals surface area contributed by atoms with Gasteiger partial charge in [-0.15, -0.1) is 0 Å². The Kier molecular flexibility index (Phi) is 4.08. The number of carbonyl (C=O) groups excluding carboxylic acids is 1. The van der Waals surface area contributed by atoms with Gasteiger partial charge in [-0.25, -0.2) is 9.18 Å². The summed E-state index contributed by atoms with van der Waals surface area (Å²) in [6.07, 6.45) is 0. The lowest BCUT2D eigenvalue weighted by molar-refractivity contribution is -0.120. The lowest BCUT2D eigenvalue weighted by atomic mass is 10.2. The van der Waals surface area contributed by atoms with E-state index in [2.05, 4.69) is 10.6 Å². The van der Waals surface area contributed by atoms with E-state index in [-0.39, 0.29) is 17.9 Å². The van der Waals surface area contributed by atoms with Crippen LogP contribution in [0.2, 0.25) is 0 Å². The third kappa shape index (κ3) is 3.27. The van der Waals surface area contributed by atoms with E-state index in [0.717, 1.165) is 6.07 Å². The van der Waals surface area contributed by atoms with E-state index in [1.165, 1.54) is 12.1 Å². The van der Waals surface area contributed by atoms with E-state index in [9.17, 15) is 14.0 Å². The van der Waals surface area contributed by atoms with Gasteiger partial charge in [0, 0.05) is 6.54 Å². The Balaban J connectivity index is 2.06. The van der Waals surface area contributed by atoms with Gasteiger partial charge in [-0.1, -0.05) is 0 Å². The molecule has 1 unspecified atom stereocenters. The number of morpholine rings is 1. The highest BCUT2D eigenvalue weighted by Crippen LogP contribution is 2.16. The number of nitrogens with one attached hydrogen (secondary N) is 2. The van der Waals surface area contributed by atoms with Crippen molar-refractivity contribution in [3.63, 3.8) is 0 Å². The predicted octanol–water partition coefficient (Wildman–Crippen LogP) is 0.451. The molecule has 3 N–H and O–H groups in total. The second-order valence-corrected chi connectivity index (χ2v) is 4.07. The molecule has 1 aromatic carbocycles. The van der Waals surface area contributed by atoms with E-state index in [1.54, 1.807) is 0 Å². The van der Waals surface area contributed by atoms with Crippen LogP contribution in [0.15, 0.2) is 18.2 Å². The van der Waals surface area contributed by atoms with Crippen LogP contribution in [0.5, 0.6) is 0 Å². The Morgan fingerprint density at radius 3 is 2.84 bits per heavy atom. The summed E-state index contributed by atoms with van der Waals surface area (Å²) in [6.45, 7) is 1.31. The summed E-state index contributed by atoms with van der Waals surface area (Å²) in [4.78, 5) is 22.5. The molecule has 1 aromatic rings. The second-order valence-electron chi connectivity index (χ2n) is 4.07. The molecule has 0 radical (unpaired) electrons. The first-order chi connectivity index (χ1) is 9.08. The van der Waals surface area contributed by atoms with Gasteiger partial charge in [0.15, 0.2) is 0 Å². The first-order valence-corrected chi connectivity index (χ1v) is 5.73. The maximum Gasteiger partial charge on any atom is 0.335 e. The molecule has 1 saturated heterocycles. The summed E-state index contributed by atoms with van der Waals surface area (Å²) in [5, 5.41) is 14.0. The number of hydrogen-bond donors (Lipinski definition) is 3. The molecule has 1 amide bonds. The van der Waals surface area contributed by atoms with Crippen molar-refractivity contribution in [2.75, 3.05) is 25.1 Å². The fraction of sp³-hybridized carbons (Fsp3) is 0.333. The van der Waals surface area contributed by atoms with Gasteiger partial charge in [-0.2, -0.15) is 0 Å². The van der Waals surface area contributed by atoms with Crippen molar-refractivity contribution < 1.29 is 23.8 Å². The summed E-state index contributed by atoms with van der Waals surface area (Å²) in [6, 6.07) is 2.78. The first-order valence-electron chi connectivity index (χ1n) is 5.73. The molecular formula is C12H13FN2O4. The Morgan fingerprint density at radius 2 is 2.26 bits per heavy atom. The zero-order valence-corrected chi connectivity index (χ0v) is 9.98. The average molecular weight is 268 g/mol. The summed E-state index contributed by atoms with van der Waals surface area (Å²) in [7, 11) is 0. The number of amides is 1. The smallest absolute Gasteiger partial charge is 0.335 e. The molecular weight excluding hydrogens is 255 g/mol. The van der Waals surface area contributed by atoms with Crippen LogP contribution in [0.4, 0.5) is 10.1 Å². The number of halogens is 1. The third-order valence-electron chi connectivity index (χ3n) is 2.71. The molecule has 1 heterocycles. The quantitative estimate of drug-likeness (QED) is 0.741. The van der Waals surface area contributed by atoms with Crippen molar-refractivity contribution in [3.8, 4) is 0 Å². The Morgan fingerprint density at radius 1 is 1.47 bits per heavy atom. The van der Waals surface area contributed by atoms with E-state index in [4.69, 9.17) is 9.84 Å². The summed E-state index contributed by atoms with van der Waals surface area (Å²) >= 11 is 0. The van der Waals surface area contributed by atoms with Crippen LogP contribution in [-0.4, -0.2) is 42.8 Å². The number of carbonyl (C=O) groups is 2. The van der Waals surface area contributed by atoms with Crippen LogP contribution >= 0.6 is 0 Å². The zero-order chi connectivity index (χ0) is 13.8. The molecule has 0 aliphatic carbocycles. The van der Waals surface area contributed by atoms with E-state index in [0.29, 0.717) is 13.2 Å². The number of benzene rings is 1. The molecule has 2 rings (SSSR count). The van der Waals surface area contributed by atoms with Gasteiger partial charge in [0.2, 0.25) is 5.91 Å². The van der Waals surface area contributed by atoms with Gasteiger partial charge in [0.05, 0.1) is 24.5 Å². The topological polar surface area (TPSA) is 87.7 Å². The van der Waals surface area contributed by atoms with Crippen molar-refractivity contribution in [1.82, 2.24) is 5.32 Å². The number of rotatable bonds is 3. The van der Waals surface area contributed by atoms with Gasteiger partial charge >= 0.3 is 5.97 Å². The van der Waals surface area contributed by atoms with Crippen LogP contribution in [0.3, 0.4) is 0 Å². The molecule has 0 bridgehead atoms. The van der Waals surface area contributed by atoms with Crippen LogP contribution in [0.25, 0.3) is 0 Å². The normalized spacial score (nSPS) is 18.9. The van der Waals surface area contributed by atoms with E-state index in [1.807, 2.05) is 0 Å².